The predicted octanol–water partition coefficient (Wildman–Crippen LogP) is 2.29. The number of hydrogen-bond acceptors (Lipinski definition) is 6. The molecule has 6 heteroatoms. The second-order valence-electron chi connectivity index (χ2n) is 5.08. The number of ether oxygens (including phenoxy) is 1. The number of rotatable bonds is 6. The normalized spacial score (nSPS) is 17.1. The summed E-state index contributed by atoms with van der Waals surface area (Å²) in [6.45, 7) is 7.88. The highest BCUT2D eigenvalue weighted by molar-refractivity contribution is 5.82. The molecule has 112 valence electrons. The number of esters is 1. The third-order valence-corrected chi connectivity index (χ3v) is 3.99. The first-order valence-electron chi connectivity index (χ1n) is 7.44. The molecule has 0 atom stereocenters. The molecule has 1 aliphatic rings. The number of nitrogens with zero attached hydrogens (tertiary/aromatic N) is 3. The molecule has 0 bridgehead atoms. The molecule has 0 radical (unpaired) electrons. The zero-order valence-electron chi connectivity index (χ0n) is 12.5. The maximum atomic E-state index is 12.3. The first-order valence-corrected chi connectivity index (χ1v) is 7.44. The van der Waals surface area contributed by atoms with Crippen LogP contribution in [0.3, 0.4) is 0 Å². The number of hydrogen-bond donors (Lipinski definition) is 0. The van der Waals surface area contributed by atoms with Crippen LogP contribution in [-0.4, -0.2) is 35.8 Å². The van der Waals surface area contributed by atoms with E-state index in [1.54, 1.807) is 0 Å². The molecule has 20 heavy (non-hydrogen) atoms. The minimum atomic E-state index is -0.728. The maximum absolute atomic E-state index is 12.3. The van der Waals surface area contributed by atoms with Gasteiger partial charge < -0.3 is 14.2 Å². The smallest absolute Gasteiger partial charge is 0.321 e. The van der Waals surface area contributed by atoms with E-state index >= 15 is 0 Å². The maximum Gasteiger partial charge on any atom is 0.321 e. The van der Waals surface area contributed by atoms with Crippen LogP contribution in [0.2, 0.25) is 0 Å². The average Bonchev–Trinajstić information content (AvgIpc) is 3.10. The van der Waals surface area contributed by atoms with E-state index in [0.29, 0.717) is 18.4 Å². The molecule has 6 nitrogen and oxygen atoms in total. The summed E-state index contributed by atoms with van der Waals surface area (Å²) in [6.07, 6.45) is 3.43. The third-order valence-electron chi connectivity index (χ3n) is 3.99. The summed E-state index contributed by atoms with van der Waals surface area (Å²) < 4.78 is 10.6. The molecule has 1 saturated carbocycles. The van der Waals surface area contributed by atoms with Gasteiger partial charge in [0.15, 0.2) is 0 Å². The van der Waals surface area contributed by atoms with Crippen molar-refractivity contribution in [2.24, 2.45) is 0 Å². The highest BCUT2D eigenvalue weighted by Gasteiger charge is 2.49. The Bertz CT molecular complexity index is 448. The number of aromatic nitrogens is 2. The van der Waals surface area contributed by atoms with Crippen molar-refractivity contribution in [2.45, 2.75) is 51.9 Å². The van der Waals surface area contributed by atoms with Gasteiger partial charge in [0.05, 0.1) is 6.61 Å². The van der Waals surface area contributed by atoms with E-state index in [0.717, 1.165) is 38.8 Å². The number of carbonyl (C=O) groups excluding carboxylic acids is 1. The Kier molecular flexibility index (Phi) is 4.62. The van der Waals surface area contributed by atoms with Gasteiger partial charge in [0.1, 0.15) is 5.41 Å². The van der Waals surface area contributed by atoms with Crippen LogP contribution in [0.4, 0.5) is 5.95 Å². The van der Waals surface area contributed by atoms with Crippen molar-refractivity contribution in [1.29, 1.82) is 0 Å². The highest BCUT2D eigenvalue weighted by atomic mass is 16.5. The summed E-state index contributed by atoms with van der Waals surface area (Å²) in [7, 11) is 0. The Morgan fingerprint density at radius 3 is 2.50 bits per heavy atom. The molecule has 1 aromatic rings. The zero-order chi connectivity index (χ0) is 14.6. The molecular formula is C14H23N3O3. The fourth-order valence-electron chi connectivity index (χ4n) is 2.80. The van der Waals surface area contributed by atoms with E-state index in [-0.39, 0.29) is 5.97 Å². The molecule has 0 N–H and O–H groups in total. The molecule has 1 aromatic heterocycles. The van der Waals surface area contributed by atoms with E-state index in [9.17, 15) is 4.79 Å². The summed E-state index contributed by atoms with van der Waals surface area (Å²) in [4.78, 5) is 18.8. The lowest BCUT2D eigenvalue weighted by Gasteiger charge is -2.21. The zero-order valence-corrected chi connectivity index (χ0v) is 12.5. The fourth-order valence-corrected chi connectivity index (χ4v) is 2.80. The average molecular weight is 281 g/mol. The molecule has 0 unspecified atom stereocenters. The Labute approximate surface area is 119 Å². The molecule has 1 heterocycles. The second kappa shape index (κ2) is 6.24. The molecular weight excluding hydrogens is 258 g/mol. The summed E-state index contributed by atoms with van der Waals surface area (Å²) in [5.74, 6) is 0.739. The molecule has 0 aromatic carbocycles. The predicted molar refractivity (Wildman–Crippen MR) is 74.6 cm³/mol. The monoisotopic (exact) mass is 281 g/mol. The van der Waals surface area contributed by atoms with Gasteiger partial charge in [0.2, 0.25) is 5.89 Å². The van der Waals surface area contributed by atoms with Gasteiger partial charge in [-0.1, -0.05) is 12.8 Å². The molecule has 1 fully saturated rings. The largest absolute Gasteiger partial charge is 0.465 e. The van der Waals surface area contributed by atoms with Crippen LogP contribution >= 0.6 is 0 Å². The van der Waals surface area contributed by atoms with Gasteiger partial charge in [-0.3, -0.25) is 4.79 Å². The molecule has 2 rings (SSSR count). The van der Waals surface area contributed by atoms with Crippen molar-refractivity contribution in [3.05, 3.63) is 5.89 Å². The van der Waals surface area contributed by atoms with Gasteiger partial charge in [-0.2, -0.15) is 4.98 Å². The topological polar surface area (TPSA) is 68.5 Å². The minimum absolute atomic E-state index is 0.229. The van der Waals surface area contributed by atoms with Crippen LogP contribution in [-0.2, 0) is 14.9 Å². The standard InChI is InChI=1S/C14H23N3O3/c1-4-17(5-2)13-15-11(20-16-13)14(9-7-8-10-14)12(18)19-6-3/h4-10H2,1-3H3. The van der Waals surface area contributed by atoms with E-state index < -0.39 is 5.41 Å². The van der Waals surface area contributed by atoms with Gasteiger partial charge in [-0.05, 0) is 38.8 Å². The minimum Gasteiger partial charge on any atom is -0.465 e. The van der Waals surface area contributed by atoms with E-state index in [4.69, 9.17) is 9.26 Å². The number of anilines is 1. The van der Waals surface area contributed by atoms with Crippen LogP contribution in [0.15, 0.2) is 4.52 Å². The molecule has 0 spiro atoms. The van der Waals surface area contributed by atoms with Crippen molar-refractivity contribution in [1.82, 2.24) is 10.1 Å². The summed E-state index contributed by atoms with van der Waals surface area (Å²) in [5.41, 5.74) is -0.728. The van der Waals surface area contributed by atoms with Gasteiger partial charge in [-0.25, -0.2) is 0 Å². The second-order valence-corrected chi connectivity index (χ2v) is 5.08. The Balaban J connectivity index is 2.29. The Morgan fingerprint density at radius 1 is 1.30 bits per heavy atom. The van der Waals surface area contributed by atoms with Crippen molar-refractivity contribution < 1.29 is 14.1 Å². The summed E-state index contributed by atoms with van der Waals surface area (Å²) in [5, 5.41) is 4.02. The van der Waals surface area contributed by atoms with Crippen LogP contribution in [0.1, 0.15) is 52.3 Å². The molecule has 1 aliphatic carbocycles. The van der Waals surface area contributed by atoms with Gasteiger partial charge in [-0.15, -0.1) is 0 Å². The van der Waals surface area contributed by atoms with Crippen molar-refractivity contribution in [3.63, 3.8) is 0 Å². The fraction of sp³-hybridized carbons (Fsp3) is 0.786. The van der Waals surface area contributed by atoms with Crippen molar-refractivity contribution >= 4 is 11.9 Å². The summed E-state index contributed by atoms with van der Waals surface area (Å²) in [6, 6.07) is 0. The number of carbonyl (C=O) groups is 1. The first kappa shape index (κ1) is 14.8. The lowest BCUT2D eigenvalue weighted by molar-refractivity contribution is -0.151. The van der Waals surface area contributed by atoms with Crippen molar-refractivity contribution in [2.75, 3.05) is 24.6 Å². The van der Waals surface area contributed by atoms with E-state index in [2.05, 4.69) is 10.1 Å². The van der Waals surface area contributed by atoms with Crippen LogP contribution in [0.5, 0.6) is 0 Å². The highest BCUT2D eigenvalue weighted by Crippen LogP contribution is 2.41. The van der Waals surface area contributed by atoms with Gasteiger partial charge in [0.25, 0.3) is 5.95 Å². The molecule has 0 saturated heterocycles. The molecule has 0 aliphatic heterocycles. The Morgan fingerprint density at radius 2 is 1.95 bits per heavy atom. The molecule has 0 amide bonds. The van der Waals surface area contributed by atoms with Crippen LogP contribution in [0.25, 0.3) is 0 Å². The van der Waals surface area contributed by atoms with Crippen LogP contribution in [0, 0.1) is 0 Å². The van der Waals surface area contributed by atoms with E-state index in [1.807, 2.05) is 25.7 Å². The van der Waals surface area contributed by atoms with Gasteiger partial charge >= 0.3 is 5.97 Å². The lowest BCUT2D eigenvalue weighted by Crippen LogP contribution is -2.35. The first-order chi connectivity index (χ1) is 9.67. The summed E-state index contributed by atoms with van der Waals surface area (Å²) >= 11 is 0. The Hall–Kier alpha value is -1.59. The quantitative estimate of drug-likeness (QED) is 0.745. The lowest BCUT2D eigenvalue weighted by atomic mass is 9.86. The van der Waals surface area contributed by atoms with Crippen LogP contribution < -0.4 is 4.90 Å². The van der Waals surface area contributed by atoms with Crippen molar-refractivity contribution in [3.8, 4) is 0 Å². The third kappa shape index (κ3) is 2.51. The van der Waals surface area contributed by atoms with Gasteiger partial charge in [0, 0.05) is 13.1 Å². The van der Waals surface area contributed by atoms with E-state index in [1.165, 1.54) is 0 Å². The SMILES string of the molecule is CCOC(=O)C1(c2nc(N(CC)CC)no2)CCCC1.